The fourth-order valence-corrected chi connectivity index (χ4v) is 1.65. The maximum absolute atomic E-state index is 11.9. The first-order valence-electron chi connectivity index (χ1n) is 5.77. The molecule has 0 aliphatic carbocycles. The predicted molar refractivity (Wildman–Crippen MR) is 69.5 cm³/mol. The smallest absolute Gasteiger partial charge is 0.422 e. The molecule has 96 valence electrons. The minimum atomic E-state index is -0.630. The maximum atomic E-state index is 11.9. The van der Waals surface area contributed by atoms with Crippen molar-refractivity contribution >= 4 is 11.7 Å². The molecule has 1 rings (SSSR count). The second-order valence-electron chi connectivity index (χ2n) is 5.33. The van der Waals surface area contributed by atoms with Gasteiger partial charge < -0.3 is 10.3 Å². The van der Waals surface area contributed by atoms with E-state index < -0.39 is 11.6 Å². The average Bonchev–Trinajstić information content (AvgIpc) is 2.13. The van der Waals surface area contributed by atoms with Crippen LogP contribution in [-0.4, -0.2) is 22.1 Å². The molecule has 0 atom stereocenters. The molecule has 0 bridgehead atoms. The van der Waals surface area contributed by atoms with Gasteiger partial charge in [0.05, 0.1) is 5.56 Å². The SMILES string of the molecule is Cc1cc(C)cc(C(=[N+]=[N-])C(=O)OC(C)(C)C)c1. The van der Waals surface area contributed by atoms with Crippen LogP contribution in [0.4, 0.5) is 0 Å². The van der Waals surface area contributed by atoms with Crippen molar-refractivity contribution in [2.75, 3.05) is 0 Å². The topological polar surface area (TPSA) is 62.7 Å². The summed E-state index contributed by atoms with van der Waals surface area (Å²) in [6, 6.07) is 5.55. The van der Waals surface area contributed by atoms with E-state index in [-0.39, 0.29) is 5.71 Å². The Morgan fingerprint density at radius 1 is 1.17 bits per heavy atom. The van der Waals surface area contributed by atoms with E-state index in [0.717, 1.165) is 11.1 Å². The quantitative estimate of drug-likeness (QED) is 0.348. The van der Waals surface area contributed by atoms with E-state index in [1.54, 1.807) is 32.9 Å². The zero-order chi connectivity index (χ0) is 13.9. The lowest BCUT2D eigenvalue weighted by Crippen LogP contribution is -2.30. The molecule has 0 saturated carbocycles. The van der Waals surface area contributed by atoms with Gasteiger partial charge in [0.25, 0.3) is 0 Å². The molecule has 0 aliphatic heterocycles. The highest BCUT2D eigenvalue weighted by atomic mass is 16.6. The van der Waals surface area contributed by atoms with Crippen LogP contribution < -0.4 is 0 Å². The summed E-state index contributed by atoms with van der Waals surface area (Å²) in [6.07, 6.45) is 0. The molecule has 0 fully saturated rings. The molecule has 4 nitrogen and oxygen atoms in total. The van der Waals surface area contributed by atoms with E-state index in [1.807, 2.05) is 19.9 Å². The van der Waals surface area contributed by atoms with Gasteiger partial charge in [-0.3, -0.25) is 0 Å². The van der Waals surface area contributed by atoms with E-state index >= 15 is 0 Å². The van der Waals surface area contributed by atoms with Crippen molar-refractivity contribution in [1.82, 2.24) is 0 Å². The lowest BCUT2D eigenvalue weighted by atomic mass is 10.0. The summed E-state index contributed by atoms with van der Waals surface area (Å²) < 4.78 is 5.20. The van der Waals surface area contributed by atoms with Crippen molar-refractivity contribution in [2.45, 2.75) is 40.2 Å². The summed E-state index contributed by atoms with van der Waals surface area (Å²) in [4.78, 5) is 15.0. The van der Waals surface area contributed by atoms with E-state index in [2.05, 4.69) is 4.79 Å². The summed E-state index contributed by atoms with van der Waals surface area (Å²) in [5, 5.41) is 0. The lowest BCUT2D eigenvalue weighted by Gasteiger charge is -2.17. The highest BCUT2D eigenvalue weighted by Crippen LogP contribution is 2.13. The standard InChI is InChI=1S/C14H18N2O2/c1-9-6-10(2)8-11(7-9)12(16-15)13(17)18-14(3,4)5/h6-8H,1-5H3. The van der Waals surface area contributed by atoms with E-state index in [1.165, 1.54) is 0 Å². The zero-order valence-corrected chi connectivity index (χ0v) is 11.4. The second kappa shape index (κ2) is 5.15. The van der Waals surface area contributed by atoms with Crippen molar-refractivity contribution in [2.24, 2.45) is 0 Å². The van der Waals surface area contributed by atoms with E-state index in [4.69, 9.17) is 10.3 Å². The first-order valence-corrected chi connectivity index (χ1v) is 5.77. The van der Waals surface area contributed by atoms with Crippen LogP contribution in [0.15, 0.2) is 18.2 Å². The first-order chi connectivity index (χ1) is 8.23. The summed E-state index contributed by atoms with van der Waals surface area (Å²) in [7, 11) is 0. The third kappa shape index (κ3) is 3.82. The van der Waals surface area contributed by atoms with Crippen molar-refractivity contribution in [3.63, 3.8) is 0 Å². The number of hydrogen-bond acceptors (Lipinski definition) is 2. The maximum Gasteiger partial charge on any atom is 0.422 e. The van der Waals surface area contributed by atoms with Crippen molar-refractivity contribution in [3.8, 4) is 0 Å². The third-order valence-corrected chi connectivity index (χ3v) is 2.19. The Morgan fingerprint density at radius 3 is 2.06 bits per heavy atom. The number of carbonyl (C=O) groups is 1. The van der Waals surface area contributed by atoms with Gasteiger partial charge in [0.15, 0.2) is 0 Å². The largest absolute Gasteiger partial charge is 0.451 e. The number of carbonyl (C=O) groups excluding carboxylic acids is 1. The van der Waals surface area contributed by atoms with Gasteiger partial charge in [-0.15, -0.1) is 0 Å². The molecule has 0 spiro atoms. The number of ether oxygens (including phenoxy) is 1. The van der Waals surface area contributed by atoms with Crippen LogP contribution in [0.5, 0.6) is 0 Å². The minimum Gasteiger partial charge on any atom is -0.451 e. The van der Waals surface area contributed by atoms with Gasteiger partial charge in [-0.1, -0.05) is 6.07 Å². The molecule has 4 heteroatoms. The Kier molecular flexibility index (Phi) is 4.04. The Bertz CT molecular complexity index is 501. The Morgan fingerprint density at radius 2 is 1.67 bits per heavy atom. The molecular formula is C14H18N2O2. The van der Waals surface area contributed by atoms with Crippen LogP contribution in [-0.2, 0) is 9.53 Å². The van der Waals surface area contributed by atoms with Gasteiger partial charge >= 0.3 is 11.7 Å². The van der Waals surface area contributed by atoms with Gasteiger partial charge in [-0.05, 0) is 57.9 Å². The highest BCUT2D eigenvalue weighted by Gasteiger charge is 2.29. The van der Waals surface area contributed by atoms with Gasteiger partial charge in [0.2, 0.25) is 0 Å². The fourth-order valence-electron chi connectivity index (χ4n) is 1.65. The van der Waals surface area contributed by atoms with Crippen LogP contribution >= 0.6 is 0 Å². The van der Waals surface area contributed by atoms with Crippen LogP contribution in [0.1, 0.15) is 37.5 Å². The zero-order valence-electron chi connectivity index (χ0n) is 11.4. The number of esters is 1. The molecule has 1 aromatic rings. The number of hydrogen-bond donors (Lipinski definition) is 0. The Labute approximate surface area is 107 Å². The van der Waals surface area contributed by atoms with E-state index in [0.29, 0.717) is 5.56 Å². The molecule has 0 unspecified atom stereocenters. The average molecular weight is 246 g/mol. The summed E-state index contributed by atoms with van der Waals surface area (Å²) in [5.41, 5.74) is 10.9. The predicted octanol–water partition coefficient (Wildman–Crippen LogP) is 2.66. The van der Waals surface area contributed by atoms with E-state index in [9.17, 15) is 4.79 Å². The van der Waals surface area contributed by atoms with Crippen molar-refractivity contribution < 1.29 is 14.3 Å². The molecule has 0 N–H and O–H groups in total. The highest BCUT2D eigenvalue weighted by molar-refractivity contribution is 6.40. The monoisotopic (exact) mass is 246 g/mol. The van der Waals surface area contributed by atoms with Gasteiger partial charge in [0.1, 0.15) is 5.60 Å². The Balaban J connectivity index is 3.12. The van der Waals surface area contributed by atoms with Gasteiger partial charge in [-0.2, -0.15) is 4.79 Å². The summed E-state index contributed by atoms with van der Waals surface area (Å²) >= 11 is 0. The first kappa shape index (κ1) is 14.1. The normalized spacial score (nSPS) is 10.7. The van der Waals surface area contributed by atoms with Crippen molar-refractivity contribution in [3.05, 3.63) is 40.4 Å². The number of nitrogens with zero attached hydrogens (tertiary/aromatic N) is 2. The Hall–Kier alpha value is -1.93. The molecule has 18 heavy (non-hydrogen) atoms. The molecule has 0 aromatic heterocycles. The molecular weight excluding hydrogens is 228 g/mol. The number of benzene rings is 1. The fraction of sp³-hybridized carbons (Fsp3) is 0.429. The second-order valence-corrected chi connectivity index (χ2v) is 5.33. The lowest BCUT2D eigenvalue weighted by molar-refractivity contribution is -0.150. The molecule has 0 amide bonds. The van der Waals surface area contributed by atoms with Crippen LogP contribution in [0.3, 0.4) is 0 Å². The minimum absolute atomic E-state index is 0.0725. The summed E-state index contributed by atoms with van der Waals surface area (Å²) in [6.45, 7) is 9.13. The molecule has 0 radical (unpaired) electrons. The van der Waals surface area contributed by atoms with Crippen molar-refractivity contribution in [1.29, 1.82) is 0 Å². The van der Waals surface area contributed by atoms with Crippen LogP contribution in [0.2, 0.25) is 0 Å². The van der Waals surface area contributed by atoms with Crippen LogP contribution in [0.25, 0.3) is 5.53 Å². The third-order valence-electron chi connectivity index (χ3n) is 2.19. The number of rotatable bonds is 2. The molecule has 1 aromatic carbocycles. The van der Waals surface area contributed by atoms with Crippen LogP contribution in [0, 0.1) is 13.8 Å². The number of aryl methyl sites for hydroxylation is 2. The molecule has 0 saturated heterocycles. The molecule has 0 heterocycles. The van der Waals surface area contributed by atoms with Gasteiger partial charge in [-0.25, -0.2) is 4.79 Å². The molecule has 0 aliphatic rings. The summed E-state index contributed by atoms with van der Waals surface area (Å²) in [5.74, 6) is -0.630. The van der Waals surface area contributed by atoms with Gasteiger partial charge in [0, 0.05) is 0 Å².